The highest BCUT2D eigenvalue weighted by molar-refractivity contribution is 5.92. The third kappa shape index (κ3) is 1.89. The minimum absolute atomic E-state index is 0.0665. The fourth-order valence-corrected chi connectivity index (χ4v) is 1.66. The van der Waals surface area contributed by atoms with Gasteiger partial charge in [0.15, 0.2) is 0 Å². The van der Waals surface area contributed by atoms with Gasteiger partial charge in [0.25, 0.3) is 5.95 Å². The maximum Gasteiger partial charge on any atom is 0.251 e. The highest BCUT2D eigenvalue weighted by Gasteiger charge is 2.26. The number of rotatable bonds is 3. The number of nitrogen functional groups attached to an aromatic ring is 1. The molecule has 1 fully saturated rings. The molecule has 6 nitrogen and oxygen atoms in total. The molecular formula is C11H12N6. The molecule has 2 aromatic heterocycles. The Balaban J connectivity index is 1.96. The molecule has 0 aliphatic heterocycles. The summed E-state index contributed by atoms with van der Waals surface area (Å²) in [4.78, 5) is 8.30. The van der Waals surface area contributed by atoms with E-state index < -0.39 is 0 Å². The summed E-state index contributed by atoms with van der Waals surface area (Å²) < 4.78 is 1.63. The Labute approximate surface area is 98.0 Å². The number of aromatic nitrogens is 4. The Morgan fingerprint density at radius 2 is 2.24 bits per heavy atom. The quantitative estimate of drug-likeness (QED) is 0.600. The van der Waals surface area contributed by atoms with E-state index in [-0.39, 0.29) is 5.84 Å². The van der Waals surface area contributed by atoms with Crippen LogP contribution in [0.2, 0.25) is 0 Å². The highest BCUT2D eigenvalue weighted by atomic mass is 15.3. The van der Waals surface area contributed by atoms with E-state index in [0.29, 0.717) is 17.6 Å². The maximum atomic E-state index is 7.34. The molecule has 17 heavy (non-hydrogen) atoms. The third-order valence-corrected chi connectivity index (χ3v) is 2.73. The number of nitrogens with zero attached hydrogens (tertiary/aromatic N) is 4. The fourth-order valence-electron chi connectivity index (χ4n) is 1.66. The maximum absolute atomic E-state index is 7.34. The van der Waals surface area contributed by atoms with Crippen molar-refractivity contribution in [1.82, 2.24) is 19.7 Å². The van der Waals surface area contributed by atoms with E-state index in [1.54, 1.807) is 16.9 Å². The Hall–Kier alpha value is -2.24. The first kappa shape index (κ1) is 9.95. The lowest BCUT2D eigenvalue weighted by Gasteiger charge is -2.01. The van der Waals surface area contributed by atoms with Gasteiger partial charge in [-0.3, -0.25) is 5.41 Å². The van der Waals surface area contributed by atoms with Crippen LogP contribution in [0, 0.1) is 5.41 Å². The molecule has 0 radical (unpaired) electrons. The zero-order chi connectivity index (χ0) is 11.8. The van der Waals surface area contributed by atoms with Crippen molar-refractivity contribution in [2.24, 2.45) is 5.73 Å². The predicted molar refractivity (Wildman–Crippen MR) is 62.1 cm³/mol. The van der Waals surface area contributed by atoms with Crippen molar-refractivity contribution in [3.05, 3.63) is 35.9 Å². The number of amidine groups is 1. The molecule has 0 aromatic carbocycles. The minimum atomic E-state index is -0.0665. The third-order valence-electron chi connectivity index (χ3n) is 2.73. The standard InChI is InChI=1S/C11H12N6/c12-10(13)9-3-5-14-11(15-9)17-6-4-8(16-17)7-1-2-7/h3-7H,1-2H2,(H3,12,13). The lowest BCUT2D eigenvalue weighted by molar-refractivity contribution is 0.781. The predicted octanol–water partition coefficient (Wildman–Crippen LogP) is 0.824. The number of nitrogens with one attached hydrogen (secondary N) is 1. The molecule has 1 aliphatic rings. The summed E-state index contributed by atoms with van der Waals surface area (Å²) in [5, 5.41) is 11.8. The Morgan fingerprint density at radius 3 is 2.94 bits per heavy atom. The lowest BCUT2D eigenvalue weighted by Crippen LogP contribution is -2.15. The molecule has 3 rings (SSSR count). The van der Waals surface area contributed by atoms with Crippen LogP contribution in [-0.4, -0.2) is 25.6 Å². The summed E-state index contributed by atoms with van der Waals surface area (Å²) in [6, 6.07) is 3.60. The Kier molecular flexibility index (Phi) is 2.14. The zero-order valence-electron chi connectivity index (χ0n) is 9.17. The van der Waals surface area contributed by atoms with E-state index in [2.05, 4.69) is 15.1 Å². The van der Waals surface area contributed by atoms with Crippen molar-refractivity contribution in [1.29, 1.82) is 5.41 Å². The lowest BCUT2D eigenvalue weighted by atomic mass is 10.3. The van der Waals surface area contributed by atoms with Gasteiger partial charge in [-0.1, -0.05) is 0 Å². The van der Waals surface area contributed by atoms with Crippen molar-refractivity contribution in [2.75, 3.05) is 0 Å². The second-order valence-corrected chi connectivity index (χ2v) is 4.12. The molecule has 0 atom stereocenters. The molecule has 2 heterocycles. The van der Waals surface area contributed by atoms with Gasteiger partial charge in [0.05, 0.1) is 5.69 Å². The molecule has 0 unspecified atom stereocenters. The normalized spacial score (nSPS) is 14.8. The fraction of sp³-hybridized carbons (Fsp3) is 0.273. The van der Waals surface area contributed by atoms with Crippen LogP contribution < -0.4 is 5.73 Å². The monoisotopic (exact) mass is 228 g/mol. The first-order chi connectivity index (χ1) is 8.24. The minimum Gasteiger partial charge on any atom is -0.382 e. The van der Waals surface area contributed by atoms with Crippen LogP contribution in [0.15, 0.2) is 24.5 Å². The van der Waals surface area contributed by atoms with Gasteiger partial charge in [-0.05, 0) is 25.0 Å². The summed E-state index contributed by atoms with van der Waals surface area (Å²) in [6.07, 6.45) is 5.85. The van der Waals surface area contributed by atoms with Crippen LogP contribution in [0.3, 0.4) is 0 Å². The molecule has 0 bridgehead atoms. The second-order valence-electron chi connectivity index (χ2n) is 4.12. The average molecular weight is 228 g/mol. The van der Waals surface area contributed by atoms with Gasteiger partial charge >= 0.3 is 0 Å². The van der Waals surface area contributed by atoms with Gasteiger partial charge in [-0.15, -0.1) is 0 Å². The Bertz CT molecular complexity index is 569. The van der Waals surface area contributed by atoms with Crippen molar-refractivity contribution >= 4 is 5.84 Å². The largest absolute Gasteiger partial charge is 0.382 e. The van der Waals surface area contributed by atoms with Crippen molar-refractivity contribution in [2.45, 2.75) is 18.8 Å². The molecule has 0 amide bonds. The van der Waals surface area contributed by atoms with Gasteiger partial charge in [0, 0.05) is 18.3 Å². The van der Waals surface area contributed by atoms with E-state index in [0.717, 1.165) is 5.69 Å². The Morgan fingerprint density at radius 1 is 1.41 bits per heavy atom. The van der Waals surface area contributed by atoms with E-state index in [1.807, 2.05) is 12.3 Å². The summed E-state index contributed by atoms with van der Waals surface area (Å²) in [5.74, 6) is 0.986. The van der Waals surface area contributed by atoms with E-state index in [1.165, 1.54) is 12.8 Å². The summed E-state index contributed by atoms with van der Waals surface area (Å²) in [7, 11) is 0. The van der Waals surface area contributed by atoms with Crippen LogP contribution in [-0.2, 0) is 0 Å². The highest BCUT2D eigenvalue weighted by Crippen LogP contribution is 2.38. The molecule has 0 saturated heterocycles. The van der Waals surface area contributed by atoms with Crippen molar-refractivity contribution in [3.8, 4) is 5.95 Å². The molecule has 86 valence electrons. The molecule has 3 N–H and O–H groups in total. The van der Waals surface area contributed by atoms with Gasteiger partial charge < -0.3 is 5.73 Å². The van der Waals surface area contributed by atoms with Crippen LogP contribution in [0.25, 0.3) is 5.95 Å². The second kappa shape index (κ2) is 3.65. The van der Waals surface area contributed by atoms with Gasteiger partial charge in [0.2, 0.25) is 0 Å². The van der Waals surface area contributed by atoms with Crippen LogP contribution >= 0.6 is 0 Å². The topological polar surface area (TPSA) is 93.5 Å². The van der Waals surface area contributed by atoms with Crippen LogP contribution in [0.1, 0.15) is 30.1 Å². The summed E-state index contributed by atoms with van der Waals surface area (Å²) in [5.41, 5.74) is 6.89. The van der Waals surface area contributed by atoms with Crippen LogP contribution in [0.4, 0.5) is 0 Å². The first-order valence-corrected chi connectivity index (χ1v) is 5.47. The van der Waals surface area contributed by atoms with E-state index >= 15 is 0 Å². The number of nitrogens with two attached hydrogens (primary N) is 1. The van der Waals surface area contributed by atoms with Gasteiger partial charge in [-0.25, -0.2) is 14.6 Å². The molecule has 1 aliphatic carbocycles. The van der Waals surface area contributed by atoms with Crippen molar-refractivity contribution in [3.63, 3.8) is 0 Å². The molecule has 6 heteroatoms. The van der Waals surface area contributed by atoms with Gasteiger partial charge in [-0.2, -0.15) is 5.10 Å². The summed E-state index contributed by atoms with van der Waals surface area (Å²) >= 11 is 0. The van der Waals surface area contributed by atoms with Crippen LogP contribution in [0.5, 0.6) is 0 Å². The van der Waals surface area contributed by atoms with E-state index in [4.69, 9.17) is 11.1 Å². The zero-order valence-corrected chi connectivity index (χ0v) is 9.17. The SMILES string of the molecule is N=C(N)c1ccnc(-n2ccc(C3CC3)n2)n1. The summed E-state index contributed by atoms with van der Waals surface area (Å²) in [6.45, 7) is 0. The number of hydrogen-bond acceptors (Lipinski definition) is 4. The molecule has 2 aromatic rings. The average Bonchev–Trinajstić information content (AvgIpc) is 3.07. The molecular weight excluding hydrogens is 216 g/mol. The first-order valence-electron chi connectivity index (χ1n) is 5.47. The molecule has 0 spiro atoms. The molecule has 1 saturated carbocycles. The smallest absolute Gasteiger partial charge is 0.251 e. The van der Waals surface area contributed by atoms with Gasteiger partial charge in [0.1, 0.15) is 11.5 Å². The number of hydrogen-bond donors (Lipinski definition) is 2. The van der Waals surface area contributed by atoms with E-state index in [9.17, 15) is 0 Å². The van der Waals surface area contributed by atoms with Crippen molar-refractivity contribution < 1.29 is 0 Å².